The maximum atomic E-state index is 12.3. The van der Waals surface area contributed by atoms with E-state index >= 15 is 0 Å². The van der Waals surface area contributed by atoms with Gasteiger partial charge in [0, 0.05) is 23.4 Å². The number of hydrogen-bond acceptors (Lipinski definition) is 2. The molecule has 1 aromatic rings. The molecule has 1 heterocycles. The maximum Gasteiger partial charge on any atom is 0.168 e. The molecule has 0 aliphatic heterocycles. The molecular formula is C14H19NO. The minimum Gasteiger partial charge on any atom is -0.294 e. The molecule has 0 saturated heterocycles. The van der Waals surface area contributed by atoms with Gasteiger partial charge in [-0.25, -0.2) is 0 Å². The molecule has 1 aliphatic rings. The van der Waals surface area contributed by atoms with Crippen molar-refractivity contribution in [3.05, 3.63) is 29.6 Å². The minimum absolute atomic E-state index is 0.106. The first-order valence-electron chi connectivity index (χ1n) is 5.75. The molecule has 2 nitrogen and oxygen atoms in total. The predicted octanol–water partition coefficient (Wildman–Crippen LogP) is 3.25. The highest BCUT2D eigenvalue weighted by Gasteiger charge is 2.67. The molecule has 0 amide bonds. The van der Waals surface area contributed by atoms with E-state index in [0.717, 1.165) is 11.3 Å². The van der Waals surface area contributed by atoms with Gasteiger partial charge in [0.2, 0.25) is 0 Å². The van der Waals surface area contributed by atoms with Crippen molar-refractivity contribution >= 4 is 5.78 Å². The molecule has 86 valence electrons. The largest absolute Gasteiger partial charge is 0.294 e. The number of nitrogens with zero attached hydrogens (tertiary/aromatic N) is 1. The molecule has 0 aromatic carbocycles. The van der Waals surface area contributed by atoms with Crippen molar-refractivity contribution in [2.75, 3.05) is 0 Å². The number of hydrogen-bond donors (Lipinski definition) is 0. The van der Waals surface area contributed by atoms with E-state index < -0.39 is 0 Å². The van der Waals surface area contributed by atoms with E-state index in [9.17, 15) is 4.79 Å². The molecular weight excluding hydrogens is 198 g/mol. The lowest BCUT2D eigenvalue weighted by molar-refractivity contribution is 0.0945. The molecule has 2 heteroatoms. The zero-order valence-corrected chi connectivity index (χ0v) is 10.7. The molecule has 1 aromatic heterocycles. The average molecular weight is 217 g/mol. The molecule has 1 saturated carbocycles. The Morgan fingerprint density at radius 1 is 1.19 bits per heavy atom. The van der Waals surface area contributed by atoms with Crippen molar-refractivity contribution in [2.24, 2.45) is 16.7 Å². The van der Waals surface area contributed by atoms with Crippen LogP contribution in [0.4, 0.5) is 0 Å². The number of Topliss-reactive ketones (excluding diaryl/α,β-unsaturated/α-hetero) is 1. The summed E-state index contributed by atoms with van der Waals surface area (Å²) in [6.07, 6.45) is 1.70. The fourth-order valence-electron chi connectivity index (χ4n) is 2.63. The molecule has 16 heavy (non-hydrogen) atoms. The van der Waals surface area contributed by atoms with Crippen molar-refractivity contribution < 1.29 is 4.79 Å². The van der Waals surface area contributed by atoms with Crippen molar-refractivity contribution in [1.29, 1.82) is 0 Å². The summed E-state index contributed by atoms with van der Waals surface area (Å²) in [6, 6.07) is 3.78. The lowest BCUT2D eigenvalue weighted by Crippen LogP contribution is -2.08. The fraction of sp³-hybridized carbons (Fsp3) is 0.571. The molecule has 0 unspecified atom stereocenters. The molecule has 1 aliphatic carbocycles. The van der Waals surface area contributed by atoms with E-state index in [0.29, 0.717) is 0 Å². The van der Waals surface area contributed by atoms with Gasteiger partial charge in [-0.05, 0) is 29.9 Å². The van der Waals surface area contributed by atoms with Crippen LogP contribution in [0.3, 0.4) is 0 Å². The van der Waals surface area contributed by atoms with Gasteiger partial charge in [-0.15, -0.1) is 0 Å². The number of aryl methyl sites for hydroxylation is 1. The predicted molar refractivity (Wildman–Crippen MR) is 64.4 cm³/mol. The molecule has 0 radical (unpaired) electrons. The van der Waals surface area contributed by atoms with Crippen molar-refractivity contribution in [3.63, 3.8) is 0 Å². The van der Waals surface area contributed by atoms with Gasteiger partial charge in [0.15, 0.2) is 5.78 Å². The van der Waals surface area contributed by atoms with E-state index in [1.807, 2.05) is 19.1 Å². The zero-order valence-electron chi connectivity index (χ0n) is 10.7. The first-order chi connectivity index (χ1) is 7.28. The summed E-state index contributed by atoms with van der Waals surface area (Å²) < 4.78 is 0. The summed E-state index contributed by atoms with van der Waals surface area (Å²) in [5.41, 5.74) is 1.91. The number of aromatic nitrogens is 1. The number of rotatable bonds is 2. The SMILES string of the molecule is Cc1ccc(C(=O)C2C(C)(C)C2(C)C)cn1. The van der Waals surface area contributed by atoms with Crippen LogP contribution in [0, 0.1) is 23.7 Å². The van der Waals surface area contributed by atoms with Crippen molar-refractivity contribution in [1.82, 2.24) is 4.98 Å². The topological polar surface area (TPSA) is 30.0 Å². The third kappa shape index (κ3) is 1.40. The smallest absolute Gasteiger partial charge is 0.168 e. The first kappa shape index (κ1) is 11.3. The second-order valence-electron chi connectivity index (χ2n) is 5.93. The van der Waals surface area contributed by atoms with Gasteiger partial charge < -0.3 is 0 Å². The van der Waals surface area contributed by atoms with E-state index in [4.69, 9.17) is 0 Å². The molecule has 0 bridgehead atoms. The van der Waals surface area contributed by atoms with Gasteiger partial charge in [0.25, 0.3) is 0 Å². The van der Waals surface area contributed by atoms with E-state index in [1.54, 1.807) is 6.20 Å². The van der Waals surface area contributed by atoms with E-state index in [1.165, 1.54) is 0 Å². The lowest BCUT2D eigenvalue weighted by atomic mass is 10.0. The first-order valence-corrected chi connectivity index (χ1v) is 5.75. The highest BCUT2D eigenvalue weighted by molar-refractivity contribution is 6.00. The Hall–Kier alpha value is -1.18. The van der Waals surface area contributed by atoms with Crippen LogP contribution in [0.5, 0.6) is 0 Å². The molecule has 0 atom stereocenters. The second kappa shape index (κ2) is 3.16. The van der Waals surface area contributed by atoms with E-state index in [2.05, 4.69) is 32.7 Å². The Labute approximate surface area is 97.1 Å². The second-order valence-corrected chi connectivity index (χ2v) is 5.93. The number of carbonyl (C=O) groups excluding carboxylic acids is 1. The fourth-order valence-corrected chi connectivity index (χ4v) is 2.63. The van der Waals surface area contributed by atoms with Gasteiger partial charge in [-0.3, -0.25) is 9.78 Å². The Balaban J connectivity index is 2.26. The van der Waals surface area contributed by atoms with E-state index in [-0.39, 0.29) is 22.5 Å². The quantitative estimate of drug-likeness (QED) is 0.712. The maximum absolute atomic E-state index is 12.3. The molecule has 0 spiro atoms. The van der Waals surface area contributed by atoms with Gasteiger partial charge in [0.1, 0.15) is 0 Å². The molecule has 0 N–H and O–H groups in total. The summed E-state index contributed by atoms with van der Waals surface area (Å²) in [5.74, 6) is 0.368. The van der Waals surface area contributed by atoms with Gasteiger partial charge in [0.05, 0.1) is 0 Å². The summed E-state index contributed by atoms with van der Waals surface area (Å²) >= 11 is 0. The lowest BCUT2D eigenvalue weighted by Gasteiger charge is -2.03. The summed E-state index contributed by atoms with van der Waals surface area (Å²) in [7, 11) is 0. The monoisotopic (exact) mass is 217 g/mol. The molecule has 2 rings (SSSR count). The van der Waals surface area contributed by atoms with Crippen LogP contribution in [0.15, 0.2) is 18.3 Å². The standard InChI is InChI=1S/C14H19NO/c1-9-6-7-10(8-15-9)11(16)12-13(2,3)14(12,4)5/h6-8,12H,1-5H3. The minimum atomic E-state index is 0.106. The van der Waals surface area contributed by atoms with Gasteiger partial charge >= 0.3 is 0 Å². The van der Waals surface area contributed by atoms with Crippen LogP contribution >= 0.6 is 0 Å². The number of carbonyl (C=O) groups is 1. The van der Waals surface area contributed by atoms with Crippen molar-refractivity contribution in [2.45, 2.75) is 34.6 Å². The van der Waals surface area contributed by atoms with Gasteiger partial charge in [-0.2, -0.15) is 0 Å². The number of pyridine rings is 1. The van der Waals surface area contributed by atoms with Crippen LogP contribution in [-0.4, -0.2) is 10.8 Å². The van der Waals surface area contributed by atoms with Gasteiger partial charge in [-0.1, -0.05) is 27.7 Å². The normalized spacial score (nSPS) is 21.8. The third-order valence-electron chi connectivity index (χ3n) is 4.48. The Kier molecular flexibility index (Phi) is 2.23. The summed E-state index contributed by atoms with van der Waals surface area (Å²) in [5, 5.41) is 0. The van der Waals surface area contributed by atoms with Crippen LogP contribution in [-0.2, 0) is 0 Å². The summed E-state index contributed by atoms with van der Waals surface area (Å²) in [6.45, 7) is 10.6. The number of ketones is 1. The zero-order chi connectivity index (χ0) is 12.1. The van der Waals surface area contributed by atoms with Crippen molar-refractivity contribution in [3.8, 4) is 0 Å². The highest BCUT2D eigenvalue weighted by Crippen LogP contribution is 2.69. The van der Waals surface area contributed by atoms with Crippen LogP contribution in [0.2, 0.25) is 0 Å². The van der Waals surface area contributed by atoms with Crippen LogP contribution in [0.25, 0.3) is 0 Å². The molecule has 1 fully saturated rings. The summed E-state index contributed by atoms with van der Waals surface area (Å²) in [4.78, 5) is 16.5. The Morgan fingerprint density at radius 3 is 2.12 bits per heavy atom. The Bertz CT molecular complexity index is 415. The Morgan fingerprint density at radius 2 is 1.75 bits per heavy atom. The third-order valence-corrected chi connectivity index (χ3v) is 4.48. The highest BCUT2D eigenvalue weighted by atomic mass is 16.1. The average Bonchev–Trinajstić information content (AvgIpc) is 2.57. The van der Waals surface area contributed by atoms with Crippen LogP contribution < -0.4 is 0 Å². The van der Waals surface area contributed by atoms with Crippen LogP contribution in [0.1, 0.15) is 43.7 Å².